The highest BCUT2D eigenvalue weighted by atomic mass is 32.1. The molecule has 0 aliphatic carbocycles. The van der Waals surface area contributed by atoms with Crippen LogP contribution in [0, 0.1) is 5.92 Å². The third-order valence-corrected chi connectivity index (χ3v) is 2.72. The Kier molecular flexibility index (Phi) is 4.45. The predicted octanol–water partition coefficient (Wildman–Crippen LogP) is 0.895. The molecular formula is C9H18N2OS. The molecule has 0 saturated carbocycles. The van der Waals surface area contributed by atoms with Crippen molar-refractivity contribution < 1.29 is 4.74 Å². The van der Waals surface area contributed by atoms with Crippen LogP contribution in [0.25, 0.3) is 0 Å². The molecule has 2 unspecified atom stereocenters. The molecule has 2 atom stereocenters. The van der Waals surface area contributed by atoms with E-state index in [-0.39, 0.29) is 0 Å². The lowest BCUT2D eigenvalue weighted by atomic mass is 9.96. The molecule has 1 aliphatic heterocycles. The highest BCUT2D eigenvalue weighted by Crippen LogP contribution is 2.18. The standard InChI is InChI=1S/C9H18N2OS/c1-7-5-8(3-4-12-7)6-11-9(13)10-2/h7-8H,3-6H2,1-2H3,(H2,10,11,13). The summed E-state index contributed by atoms with van der Waals surface area (Å²) < 4.78 is 5.46. The third kappa shape index (κ3) is 3.91. The molecule has 0 bridgehead atoms. The molecule has 1 heterocycles. The number of hydrogen-bond acceptors (Lipinski definition) is 2. The SMILES string of the molecule is CNC(=S)NCC1CCOC(C)C1. The van der Waals surface area contributed by atoms with Gasteiger partial charge in [-0.2, -0.15) is 0 Å². The first kappa shape index (κ1) is 10.7. The fourth-order valence-corrected chi connectivity index (χ4v) is 1.69. The van der Waals surface area contributed by atoms with Crippen molar-refractivity contribution in [1.82, 2.24) is 10.6 Å². The van der Waals surface area contributed by atoms with Crippen LogP contribution in [0.5, 0.6) is 0 Å². The number of rotatable bonds is 2. The fourth-order valence-electron chi connectivity index (χ4n) is 1.60. The second kappa shape index (κ2) is 5.40. The maximum Gasteiger partial charge on any atom is 0.166 e. The Hall–Kier alpha value is -0.350. The van der Waals surface area contributed by atoms with E-state index >= 15 is 0 Å². The van der Waals surface area contributed by atoms with Crippen molar-refractivity contribution in [2.45, 2.75) is 25.9 Å². The molecule has 0 aromatic carbocycles. The average molecular weight is 202 g/mol. The van der Waals surface area contributed by atoms with E-state index in [1.165, 1.54) is 0 Å². The zero-order chi connectivity index (χ0) is 9.68. The van der Waals surface area contributed by atoms with Crippen LogP contribution in [-0.4, -0.2) is 31.4 Å². The molecule has 3 nitrogen and oxygen atoms in total. The van der Waals surface area contributed by atoms with E-state index in [1.807, 2.05) is 7.05 Å². The van der Waals surface area contributed by atoms with Crippen molar-refractivity contribution in [3.8, 4) is 0 Å². The lowest BCUT2D eigenvalue weighted by Crippen LogP contribution is -2.38. The molecule has 0 aromatic rings. The van der Waals surface area contributed by atoms with E-state index < -0.39 is 0 Å². The average Bonchev–Trinajstić information content (AvgIpc) is 2.14. The number of hydrogen-bond donors (Lipinski definition) is 2. The molecule has 0 radical (unpaired) electrons. The maximum atomic E-state index is 5.46. The Morgan fingerprint density at radius 3 is 3.00 bits per heavy atom. The summed E-state index contributed by atoms with van der Waals surface area (Å²) in [6, 6.07) is 0. The summed E-state index contributed by atoms with van der Waals surface area (Å²) >= 11 is 5.00. The molecule has 0 amide bonds. The van der Waals surface area contributed by atoms with Crippen molar-refractivity contribution in [2.24, 2.45) is 5.92 Å². The monoisotopic (exact) mass is 202 g/mol. The van der Waals surface area contributed by atoms with Gasteiger partial charge < -0.3 is 15.4 Å². The molecule has 76 valence electrons. The summed E-state index contributed by atoms with van der Waals surface area (Å²) in [6.07, 6.45) is 2.69. The normalized spacial score (nSPS) is 28.2. The summed E-state index contributed by atoms with van der Waals surface area (Å²) in [6.45, 7) is 3.98. The molecule has 4 heteroatoms. The first-order valence-corrected chi connectivity index (χ1v) is 5.20. The van der Waals surface area contributed by atoms with Gasteiger partial charge in [-0.3, -0.25) is 0 Å². The number of thiocarbonyl (C=S) groups is 1. The lowest BCUT2D eigenvalue weighted by molar-refractivity contribution is 0.00382. The molecule has 1 saturated heterocycles. The van der Waals surface area contributed by atoms with Gasteiger partial charge >= 0.3 is 0 Å². The largest absolute Gasteiger partial charge is 0.378 e. The Morgan fingerprint density at radius 1 is 1.62 bits per heavy atom. The van der Waals surface area contributed by atoms with E-state index in [0.717, 1.165) is 31.1 Å². The van der Waals surface area contributed by atoms with Crippen LogP contribution in [0.3, 0.4) is 0 Å². The second-order valence-electron chi connectivity index (χ2n) is 3.53. The van der Waals surface area contributed by atoms with E-state index in [2.05, 4.69) is 17.6 Å². The molecule has 13 heavy (non-hydrogen) atoms. The predicted molar refractivity (Wildman–Crippen MR) is 57.8 cm³/mol. The van der Waals surface area contributed by atoms with Crippen molar-refractivity contribution in [1.29, 1.82) is 0 Å². The Morgan fingerprint density at radius 2 is 2.38 bits per heavy atom. The topological polar surface area (TPSA) is 33.3 Å². The smallest absolute Gasteiger partial charge is 0.166 e. The highest BCUT2D eigenvalue weighted by Gasteiger charge is 2.18. The molecule has 0 aromatic heterocycles. The summed E-state index contributed by atoms with van der Waals surface area (Å²) in [4.78, 5) is 0. The summed E-state index contributed by atoms with van der Waals surface area (Å²) in [7, 11) is 1.84. The second-order valence-corrected chi connectivity index (χ2v) is 3.94. The van der Waals surface area contributed by atoms with Crippen LogP contribution in [0.15, 0.2) is 0 Å². The molecule has 1 fully saturated rings. The first-order chi connectivity index (χ1) is 6.22. The first-order valence-electron chi connectivity index (χ1n) is 4.79. The zero-order valence-corrected chi connectivity index (χ0v) is 9.12. The molecule has 0 spiro atoms. The summed E-state index contributed by atoms with van der Waals surface area (Å²) in [5.41, 5.74) is 0. The van der Waals surface area contributed by atoms with E-state index in [4.69, 9.17) is 17.0 Å². The van der Waals surface area contributed by atoms with Crippen LogP contribution >= 0.6 is 12.2 Å². The Labute approximate surface area is 85.2 Å². The van der Waals surface area contributed by atoms with Crippen molar-refractivity contribution in [2.75, 3.05) is 20.2 Å². The highest BCUT2D eigenvalue weighted by molar-refractivity contribution is 7.80. The minimum absolute atomic E-state index is 0.406. The minimum atomic E-state index is 0.406. The van der Waals surface area contributed by atoms with Gasteiger partial charge in [0.15, 0.2) is 5.11 Å². The van der Waals surface area contributed by atoms with Gasteiger partial charge in [-0.05, 0) is 37.9 Å². The molecule has 2 N–H and O–H groups in total. The van der Waals surface area contributed by atoms with Gasteiger partial charge in [0.05, 0.1) is 6.10 Å². The summed E-state index contributed by atoms with van der Waals surface area (Å²) in [5.74, 6) is 0.704. The van der Waals surface area contributed by atoms with E-state index in [0.29, 0.717) is 12.0 Å². The quantitative estimate of drug-likeness (QED) is 0.652. The lowest BCUT2D eigenvalue weighted by Gasteiger charge is -2.27. The van der Waals surface area contributed by atoms with Gasteiger partial charge in [0.1, 0.15) is 0 Å². The van der Waals surface area contributed by atoms with Gasteiger partial charge in [0.2, 0.25) is 0 Å². The maximum absolute atomic E-state index is 5.46. The van der Waals surface area contributed by atoms with Gasteiger partial charge in [-0.15, -0.1) is 0 Å². The summed E-state index contributed by atoms with van der Waals surface area (Å²) in [5, 5.41) is 6.83. The van der Waals surface area contributed by atoms with Gasteiger partial charge in [0, 0.05) is 20.2 Å². The van der Waals surface area contributed by atoms with Crippen molar-refractivity contribution in [3.05, 3.63) is 0 Å². The zero-order valence-electron chi connectivity index (χ0n) is 8.30. The Bertz CT molecular complexity index is 175. The molecule has 1 rings (SSSR count). The van der Waals surface area contributed by atoms with Crippen LogP contribution < -0.4 is 10.6 Å². The van der Waals surface area contributed by atoms with Crippen LogP contribution in [-0.2, 0) is 4.74 Å². The third-order valence-electron chi connectivity index (χ3n) is 2.37. The van der Waals surface area contributed by atoms with Gasteiger partial charge in [-0.25, -0.2) is 0 Å². The molecule has 1 aliphatic rings. The number of nitrogens with one attached hydrogen (secondary N) is 2. The van der Waals surface area contributed by atoms with Gasteiger partial charge in [-0.1, -0.05) is 0 Å². The van der Waals surface area contributed by atoms with Crippen LogP contribution in [0.1, 0.15) is 19.8 Å². The molecular weight excluding hydrogens is 184 g/mol. The number of ether oxygens (including phenoxy) is 1. The van der Waals surface area contributed by atoms with E-state index in [9.17, 15) is 0 Å². The fraction of sp³-hybridized carbons (Fsp3) is 0.889. The van der Waals surface area contributed by atoms with Crippen LogP contribution in [0.2, 0.25) is 0 Å². The Balaban J connectivity index is 2.17. The van der Waals surface area contributed by atoms with Crippen molar-refractivity contribution in [3.63, 3.8) is 0 Å². The van der Waals surface area contributed by atoms with E-state index in [1.54, 1.807) is 0 Å². The minimum Gasteiger partial charge on any atom is -0.378 e. The van der Waals surface area contributed by atoms with Crippen molar-refractivity contribution >= 4 is 17.3 Å². The van der Waals surface area contributed by atoms with Crippen LogP contribution in [0.4, 0.5) is 0 Å². The van der Waals surface area contributed by atoms with Gasteiger partial charge in [0.25, 0.3) is 0 Å².